The molecule has 3 nitrogen and oxygen atoms in total. The van der Waals surface area contributed by atoms with Gasteiger partial charge in [-0.15, -0.1) is 0 Å². The van der Waals surface area contributed by atoms with Crippen molar-refractivity contribution in [2.45, 2.75) is 13.3 Å². The van der Waals surface area contributed by atoms with E-state index in [9.17, 15) is 0 Å². The van der Waals surface area contributed by atoms with Crippen molar-refractivity contribution in [2.24, 2.45) is 4.99 Å². The van der Waals surface area contributed by atoms with Crippen LogP contribution in [0.3, 0.4) is 0 Å². The molecule has 1 fully saturated rings. The maximum absolute atomic E-state index is 4.26. The standard InChI is InChI=1S/C10H19N3/c1-4-5-6-7-13-9-8-12(3)10(13)11-2/h5-6H,4,7-9H2,1-3H3/b6-5-,11-10?. The molecule has 1 heterocycles. The number of aliphatic imine (C=N–C) groups is 1. The lowest BCUT2D eigenvalue weighted by molar-refractivity contribution is 0.511. The normalized spacial score (nSPS) is 21.0. The number of hydrogen-bond donors (Lipinski definition) is 0. The van der Waals surface area contributed by atoms with Crippen molar-refractivity contribution in [3.63, 3.8) is 0 Å². The quantitative estimate of drug-likeness (QED) is 0.609. The Hall–Kier alpha value is -0.990. The van der Waals surface area contributed by atoms with Crippen molar-refractivity contribution in [3.05, 3.63) is 12.2 Å². The van der Waals surface area contributed by atoms with Gasteiger partial charge < -0.3 is 9.80 Å². The van der Waals surface area contributed by atoms with Gasteiger partial charge in [0.2, 0.25) is 0 Å². The fourth-order valence-corrected chi connectivity index (χ4v) is 1.57. The van der Waals surface area contributed by atoms with Crippen molar-refractivity contribution in [2.75, 3.05) is 33.7 Å². The van der Waals surface area contributed by atoms with E-state index in [2.05, 4.69) is 40.9 Å². The largest absolute Gasteiger partial charge is 0.344 e. The number of nitrogens with zero attached hydrogens (tertiary/aromatic N) is 3. The summed E-state index contributed by atoms with van der Waals surface area (Å²) in [5.41, 5.74) is 0. The molecule has 0 atom stereocenters. The van der Waals surface area contributed by atoms with Gasteiger partial charge in [-0.05, 0) is 6.42 Å². The molecule has 0 radical (unpaired) electrons. The van der Waals surface area contributed by atoms with Crippen molar-refractivity contribution >= 4 is 5.96 Å². The van der Waals surface area contributed by atoms with Gasteiger partial charge in [-0.2, -0.15) is 0 Å². The highest BCUT2D eigenvalue weighted by Gasteiger charge is 2.20. The average molecular weight is 181 g/mol. The number of rotatable bonds is 3. The molecule has 0 aromatic heterocycles. The zero-order valence-electron chi connectivity index (χ0n) is 8.82. The molecular weight excluding hydrogens is 162 g/mol. The fourth-order valence-electron chi connectivity index (χ4n) is 1.57. The van der Waals surface area contributed by atoms with Gasteiger partial charge in [0.05, 0.1) is 0 Å². The first kappa shape index (κ1) is 10.1. The highest BCUT2D eigenvalue weighted by atomic mass is 15.4. The molecule has 1 rings (SSSR count). The second-order valence-corrected chi connectivity index (χ2v) is 3.27. The summed E-state index contributed by atoms with van der Waals surface area (Å²) in [6, 6.07) is 0. The smallest absolute Gasteiger partial charge is 0.196 e. The van der Waals surface area contributed by atoms with E-state index < -0.39 is 0 Å². The summed E-state index contributed by atoms with van der Waals surface area (Å²) in [4.78, 5) is 8.76. The molecule has 13 heavy (non-hydrogen) atoms. The summed E-state index contributed by atoms with van der Waals surface area (Å²) >= 11 is 0. The Bertz CT molecular complexity index is 208. The first-order chi connectivity index (χ1) is 6.29. The molecule has 1 aliphatic rings. The topological polar surface area (TPSA) is 18.8 Å². The van der Waals surface area contributed by atoms with E-state index in [-0.39, 0.29) is 0 Å². The van der Waals surface area contributed by atoms with E-state index in [1.54, 1.807) is 0 Å². The number of likely N-dealkylation sites (N-methyl/N-ethyl adjacent to an activating group) is 1. The van der Waals surface area contributed by atoms with Gasteiger partial charge in [0.15, 0.2) is 5.96 Å². The van der Waals surface area contributed by atoms with Crippen LogP contribution >= 0.6 is 0 Å². The molecule has 74 valence electrons. The fraction of sp³-hybridized carbons (Fsp3) is 0.700. The number of hydrogen-bond acceptors (Lipinski definition) is 1. The van der Waals surface area contributed by atoms with Gasteiger partial charge in [-0.3, -0.25) is 4.99 Å². The van der Waals surface area contributed by atoms with Gasteiger partial charge in [0.1, 0.15) is 0 Å². The molecule has 0 saturated carbocycles. The highest BCUT2D eigenvalue weighted by Crippen LogP contribution is 2.05. The van der Waals surface area contributed by atoms with E-state index in [0.717, 1.165) is 32.0 Å². The van der Waals surface area contributed by atoms with E-state index in [4.69, 9.17) is 0 Å². The van der Waals surface area contributed by atoms with Crippen LogP contribution in [0.2, 0.25) is 0 Å². The molecule has 0 aromatic carbocycles. The molecule has 0 N–H and O–H groups in total. The third kappa shape index (κ3) is 2.47. The van der Waals surface area contributed by atoms with E-state index in [1.165, 1.54) is 0 Å². The molecule has 0 aromatic rings. The Labute approximate surface area is 80.7 Å². The minimum atomic E-state index is 0.991. The van der Waals surface area contributed by atoms with Crippen molar-refractivity contribution in [1.29, 1.82) is 0 Å². The molecule has 0 unspecified atom stereocenters. The van der Waals surface area contributed by atoms with Crippen LogP contribution in [0.4, 0.5) is 0 Å². The molecule has 1 aliphatic heterocycles. The Morgan fingerprint density at radius 1 is 1.38 bits per heavy atom. The number of guanidine groups is 1. The number of allylic oxidation sites excluding steroid dienone is 1. The zero-order chi connectivity index (χ0) is 9.68. The average Bonchev–Trinajstić information content (AvgIpc) is 2.47. The Kier molecular flexibility index (Phi) is 3.80. The molecule has 3 heteroatoms. The SMILES string of the molecule is CC/C=C\CN1CCN(C)C1=NC. The van der Waals surface area contributed by atoms with Crippen LogP contribution < -0.4 is 0 Å². The predicted octanol–water partition coefficient (Wildman–Crippen LogP) is 1.19. The summed E-state index contributed by atoms with van der Waals surface area (Å²) in [6.07, 6.45) is 5.53. The summed E-state index contributed by atoms with van der Waals surface area (Å²) in [7, 11) is 3.94. The van der Waals surface area contributed by atoms with Crippen LogP contribution in [0.5, 0.6) is 0 Å². The zero-order valence-corrected chi connectivity index (χ0v) is 8.82. The lowest BCUT2D eigenvalue weighted by Gasteiger charge is -2.18. The van der Waals surface area contributed by atoms with Crippen LogP contribution in [0.1, 0.15) is 13.3 Å². The van der Waals surface area contributed by atoms with Crippen molar-refractivity contribution in [1.82, 2.24) is 9.80 Å². The van der Waals surface area contributed by atoms with Gasteiger partial charge >= 0.3 is 0 Å². The highest BCUT2D eigenvalue weighted by molar-refractivity contribution is 5.81. The summed E-state index contributed by atoms with van der Waals surface area (Å²) in [6.45, 7) is 5.33. The van der Waals surface area contributed by atoms with Gasteiger partial charge in [-0.25, -0.2) is 0 Å². The molecular formula is C10H19N3. The first-order valence-electron chi connectivity index (χ1n) is 4.87. The molecule has 0 aliphatic carbocycles. The third-order valence-corrected chi connectivity index (χ3v) is 2.26. The summed E-state index contributed by atoms with van der Waals surface area (Å²) in [5.74, 6) is 1.11. The lowest BCUT2D eigenvalue weighted by Crippen LogP contribution is -2.31. The Morgan fingerprint density at radius 3 is 2.77 bits per heavy atom. The first-order valence-corrected chi connectivity index (χ1v) is 4.87. The van der Waals surface area contributed by atoms with Crippen molar-refractivity contribution < 1.29 is 0 Å². The van der Waals surface area contributed by atoms with Gasteiger partial charge in [-0.1, -0.05) is 19.1 Å². The Balaban J connectivity index is 2.47. The van der Waals surface area contributed by atoms with Crippen molar-refractivity contribution in [3.8, 4) is 0 Å². The van der Waals surface area contributed by atoms with Crippen LogP contribution in [-0.4, -0.2) is 49.5 Å². The molecule has 0 spiro atoms. The van der Waals surface area contributed by atoms with Crippen LogP contribution in [0, 0.1) is 0 Å². The second kappa shape index (κ2) is 4.90. The minimum Gasteiger partial charge on any atom is -0.344 e. The van der Waals surface area contributed by atoms with Crippen LogP contribution in [0.15, 0.2) is 17.1 Å². The minimum absolute atomic E-state index is 0.991. The van der Waals surface area contributed by atoms with Gasteiger partial charge in [0.25, 0.3) is 0 Å². The summed E-state index contributed by atoms with van der Waals surface area (Å²) < 4.78 is 0. The molecule has 0 amide bonds. The monoisotopic (exact) mass is 181 g/mol. The predicted molar refractivity (Wildman–Crippen MR) is 57.0 cm³/mol. The Morgan fingerprint density at radius 2 is 2.15 bits per heavy atom. The second-order valence-electron chi connectivity index (χ2n) is 3.27. The van der Waals surface area contributed by atoms with E-state index >= 15 is 0 Å². The summed E-state index contributed by atoms with van der Waals surface area (Å²) in [5, 5.41) is 0. The van der Waals surface area contributed by atoms with Crippen LogP contribution in [0.25, 0.3) is 0 Å². The third-order valence-electron chi connectivity index (χ3n) is 2.26. The molecule has 0 bridgehead atoms. The van der Waals surface area contributed by atoms with Crippen LogP contribution in [-0.2, 0) is 0 Å². The maximum Gasteiger partial charge on any atom is 0.196 e. The molecule has 1 saturated heterocycles. The van der Waals surface area contributed by atoms with E-state index in [1.807, 2.05) is 7.05 Å². The lowest BCUT2D eigenvalue weighted by atomic mass is 10.4. The van der Waals surface area contributed by atoms with Gasteiger partial charge in [0, 0.05) is 33.7 Å². The maximum atomic E-state index is 4.26. The van der Waals surface area contributed by atoms with E-state index in [0.29, 0.717) is 0 Å².